The van der Waals surface area contributed by atoms with E-state index in [1.807, 2.05) is 18.2 Å². The van der Waals surface area contributed by atoms with Gasteiger partial charge in [0.15, 0.2) is 0 Å². The largest absolute Gasteiger partial charge is 0.345 e. The van der Waals surface area contributed by atoms with E-state index in [0.29, 0.717) is 5.02 Å². The number of nitrogens with one attached hydrogen (secondary N) is 1. The van der Waals surface area contributed by atoms with Crippen molar-refractivity contribution in [3.05, 3.63) is 33.7 Å². The van der Waals surface area contributed by atoms with Gasteiger partial charge in [0.05, 0.1) is 11.0 Å². The first-order valence-corrected chi connectivity index (χ1v) is 9.22. The van der Waals surface area contributed by atoms with Gasteiger partial charge in [-0.1, -0.05) is 50.6 Å². The van der Waals surface area contributed by atoms with Gasteiger partial charge in [0.2, 0.25) is 0 Å². The van der Waals surface area contributed by atoms with E-state index < -0.39 is 0 Å². The Morgan fingerprint density at radius 1 is 1.22 bits per heavy atom. The van der Waals surface area contributed by atoms with Gasteiger partial charge in [0.25, 0.3) is 0 Å². The lowest BCUT2D eigenvalue weighted by molar-refractivity contribution is 0.335. The summed E-state index contributed by atoms with van der Waals surface area (Å²) in [6, 6.07) is 5.58. The first-order chi connectivity index (χ1) is 11.2. The summed E-state index contributed by atoms with van der Waals surface area (Å²) in [6.45, 7) is 4.16. The van der Waals surface area contributed by atoms with Crippen LogP contribution >= 0.6 is 11.6 Å². The van der Waals surface area contributed by atoms with E-state index in [9.17, 15) is 4.79 Å². The fourth-order valence-electron chi connectivity index (χ4n) is 3.62. The van der Waals surface area contributed by atoms with Gasteiger partial charge in [0.1, 0.15) is 0 Å². The molecule has 1 fully saturated rings. The van der Waals surface area contributed by atoms with Gasteiger partial charge in [0, 0.05) is 18.1 Å². The third-order valence-electron chi connectivity index (χ3n) is 4.96. The lowest BCUT2D eigenvalue weighted by Gasteiger charge is -2.33. The van der Waals surface area contributed by atoms with Crippen LogP contribution in [0.4, 0.5) is 0 Å². The summed E-state index contributed by atoms with van der Waals surface area (Å²) in [4.78, 5) is 15.2. The van der Waals surface area contributed by atoms with Crippen LogP contribution in [0.1, 0.15) is 51.9 Å². The first-order valence-electron chi connectivity index (χ1n) is 8.84. The number of H-pyrrole nitrogens is 1. The molecule has 0 aliphatic carbocycles. The molecule has 1 N–H and O–H groups in total. The van der Waals surface area contributed by atoms with Crippen molar-refractivity contribution in [2.24, 2.45) is 5.92 Å². The topological polar surface area (TPSA) is 41.0 Å². The second-order valence-corrected chi connectivity index (χ2v) is 7.09. The summed E-state index contributed by atoms with van der Waals surface area (Å²) < 4.78 is 1.79. The molecule has 0 unspecified atom stereocenters. The quantitative estimate of drug-likeness (QED) is 0.799. The minimum absolute atomic E-state index is 0.0661. The van der Waals surface area contributed by atoms with E-state index in [2.05, 4.69) is 16.9 Å². The fraction of sp³-hybridized carbons (Fsp3) is 0.611. The van der Waals surface area contributed by atoms with Crippen molar-refractivity contribution in [1.82, 2.24) is 9.66 Å². The molecule has 126 valence electrons. The number of halogens is 1. The van der Waals surface area contributed by atoms with Crippen LogP contribution in [0.25, 0.3) is 11.0 Å². The van der Waals surface area contributed by atoms with Crippen molar-refractivity contribution >= 4 is 22.6 Å². The Balaban J connectivity index is 1.64. The number of aromatic amines is 1. The minimum atomic E-state index is -0.0661. The van der Waals surface area contributed by atoms with Gasteiger partial charge < -0.3 is 9.99 Å². The number of piperidine rings is 1. The second-order valence-electron chi connectivity index (χ2n) is 6.65. The molecule has 1 aromatic heterocycles. The third-order valence-corrected chi connectivity index (χ3v) is 5.20. The third kappa shape index (κ3) is 3.74. The van der Waals surface area contributed by atoms with Gasteiger partial charge in [-0.25, -0.2) is 9.47 Å². The molecule has 23 heavy (non-hydrogen) atoms. The molecule has 3 rings (SSSR count). The highest BCUT2D eigenvalue weighted by atomic mass is 35.5. The average Bonchev–Trinajstić information content (AvgIpc) is 2.87. The zero-order valence-corrected chi connectivity index (χ0v) is 14.6. The van der Waals surface area contributed by atoms with Crippen LogP contribution in [0.15, 0.2) is 23.0 Å². The van der Waals surface area contributed by atoms with Crippen molar-refractivity contribution in [2.75, 3.05) is 18.1 Å². The number of nitrogens with zero attached hydrogens (tertiary/aromatic N) is 2. The maximum absolute atomic E-state index is 12.3. The van der Waals surface area contributed by atoms with E-state index in [1.165, 1.54) is 44.9 Å². The molecular weight excluding hydrogens is 310 g/mol. The lowest BCUT2D eigenvalue weighted by atomic mass is 9.92. The molecule has 0 saturated carbocycles. The highest BCUT2D eigenvalue weighted by Crippen LogP contribution is 2.24. The summed E-state index contributed by atoms with van der Waals surface area (Å²) in [5.41, 5.74) is 1.66. The summed E-state index contributed by atoms with van der Waals surface area (Å²) in [7, 11) is 0. The molecule has 0 spiro atoms. The van der Waals surface area contributed by atoms with Crippen LogP contribution in [-0.2, 0) is 0 Å². The van der Waals surface area contributed by atoms with E-state index in [0.717, 1.165) is 30.0 Å². The molecule has 1 aromatic carbocycles. The van der Waals surface area contributed by atoms with Crippen LogP contribution in [-0.4, -0.2) is 22.7 Å². The Bertz CT molecular complexity index is 698. The number of rotatable bonds is 6. The molecular formula is C18H26ClN3O. The summed E-state index contributed by atoms with van der Waals surface area (Å²) in [5, 5.41) is 2.83. The van der Waals surface area contributed by atoms with E-state index >= 15 is 0 Å². The number of aromatic nitrogens is 2. The number of fused-ring (bicyclic) bond motifs is 1. The summed E-state index contributed by atoms with van der Waals surface area (Å²) in [6.07, 6.45) is 9.06. The number of benzene rings is 1. The van der Waals surface area contributed by atoms with Gasteiger partial charge in [-0.2, -0.15) is 0 Å². The van der Waals surface area contributed by atoms with Crippen LogP contribution in [0.2, 0.25) is 5.02 Å². The second kappa shape index (κ2) is 7.43. The first kappa shape index (κ1) is 16.4. The Morgan fingerprint density at radius 3 is 2.74 bits per heavy atom. The minimum Gasteiger partial charge on any atom is -0.308 e. The van der Waals surface area contributed by atoms with Crippen LogP contribution in [0.3, 0.4) is 0 Å². The molecule has 5 heteroatoms. The van der Waals surface area contributed by atoms with E-state index in [-0.39, 0.29) is 5.69 Å². The van der Waals surface area contributed by atoms with Gasteiger partial charge in [-0.05, 0) is 37.0 Å². The van der Waals surface area contributed by atoms with Gasteiger partial charge >= 0.3 is 5.69 Å². The predicted molar refractivity (Wildman–Crippen MR) is 97.0 cm³/mol. The van der Waals surface area contributed by atoms with E-state index in [1.54, 1.807) is 4.68 Å². The molecule has 0 bridgehead atoms. The molecule has 1 saturated heterocycles. The zero-order valence-electron chi connectivity index (χ0n) is 13.9. The van der Waals surface area contributed by atoms with Gasteiger partial charge in [-0.3, -0.25) is 0 Å². The number of hydrogen-bond acceptors (Lipinski definition) is 2. The maximum atomic E-state index is 12.3. The number of unbranched alkanes of at least 4 members (excludes halogenated alkanes) is 3. The molecule has 0 radical (unpaired) electrons. The molecule has 0 atom stereocenters. The van der Waals surface area contributed by atoms with Crippen LogP contribution in [0.5, 0.6) is 0 Å². The fourth-order valence-corrected chi connectivity index (χ4v) is 3.79. The molecule has 2 heterocycles. The van der Waals surface area contributed by atoms with E-state index in [4.69, 9.17) is 11.6 Å². The monoisotopic (exact) mass is 335 g/mol. The molecule has 2 aromatic rings. The maximum Gasteiger partial charge on any atom is 0.345 e. The molecule has 4 nitrogen and oxygen atoms in total. The smallest absolute Gasteiger partial charge is 0.308 e. The van der Waals surface area contributed by atoms with Crippen molar-refractivity contribution in [3.8, 4) is 0 Å². The zero-order chi connectivity index (χ0) is 16.2. The summed E-state index contributed by atoms with van der Waals surface area (Å²) >= 11 is 6.01. The van der Waals surface area contributed by atoms with Crippen molar-refractivity contribution < 1.29 is 0 Å². The standard InChI is InChI=1S/C18H26ClN3O/c1-2-3-4-5-6-14-9-11-21(12-10-14)22-17-8-7-15(19)13-16(17)20-18(22)23/h7-8,13-14H,2-6,9-12H2,1H3,(H,20,23). The molecule has 1 aliphatic rings. The highest BCUT2D eigenvalue weighted by molar-refractivity contribution is 6.31. The number of imidazole rings is 1. The Labute approximate surface area is 142 Å². The van der Waals surface area contributed by atoms with Crippen molar-refractivity contribution in [2.45, 2.75) is 51.9 Å². The lowest BCUT2D eigenvalue weighted by Crippen LogP contribution is -2.46. The Morgan fingerprint density at radius 2 is 2.00 bits per heavy atom. The Kier molecular flexibility index (Phi) is 5.31. The Hall–Kier alpha value is -1.42. The number of hydrogen-bond donors (Lipinski definition) is 1. The van der Waals surface area contributed by atoms with Crippen LogP contribution < -0.4 is 10.7 Å². The highest BCUT2D eigenvalue weighted by Gasteiger charge is 2.21. The summed E-state index contributed by atoms with van der Waals surface area (Å²) in [5.74, 6) is 0.818. The van der Waals surface area contributed by atoms with Gasteiger partial charge in [-0.15, -0.1) is 0 Å². The predicted octanol–water partition coefficient (Wildman–Crippen LogP) is 4.30. The van der Waals surface area contributed by atoms with Crippen LogP contribution in [0, 0.1) is 5.92 Å². The van der Waals surface area contributed by atoms with Crippen molar-refractivity contribution in [1.29, 1.82) is 0 Å². The normalized spacial score (nSPS) is 16.3. The SMILES string of the molecule is CCCCCCC1CCN(n2c(=O)[nH]c3cc(Cl)ccc32)CC1. The average molecular weight is 336 g/mol. The molecule has 0 amide bonds. The van der Waals surface area contributed by atoms with Crippen molar-refractivity contribution in [3.63, 3.8) is 0 Å². The molecule has 1 aliphatic heterocycles.